The molecule has 0 unspecified atom stereocenters. The molecule has 0 N–H and O–H groups in total. The molecular weight excluding hydrogens is 275 g/mol. The number of benzene rings is 1. The zero-order valence-electron chi connectivity index (χ0n) is 11.6. The van der Waals surface area contributed by atoms with Crippen LogP contribution in [-0.2, 0) is 6.54 Å². The summed E-state index contributed by atoms with van der Waals surface area (Å²) in [5.74, 6) is -0.611. The summed E-state index contributed by atoms with van der Waals surface area (Å²) in [6.07, 6.45) is 0.306. The third-order valence-electron chi connectivity index (χ3n) is 2.99. The lowest BCUT2D eigenvalue weighted by molar-refractivity contribution is 0.0963. The molecule has 0 radical (unpaired) electrons. The summed E-state index contributed by atoms with van der Waals surface area (Å²) in [6, 6.07) is 6.11. The van der Waals surface area contributed by atoms with Gasteiger partial charge >= 0.3 is 0 Å². The second-order valence-electron chi connectivity index (χ2n) is 4.75. The molecule has 20 heavy (non-hydrogen) atoms. The molecule has 2 rings (SSSR count). The molecule has 0 saturated heterocycles. The first-order valence-corrected chi connectivity index (χ1v) is 7.31. The number of carbonyl (C=O) groups excluding carboxylic acids is 1. The van der Waals surface area contributed by atoms with Crippen molar-refractivity contribution < 1.29 is 9.18 Å². The monoisotopic (exact) mass is 292 g/mol. The number of aromatic nitrogens is 1. The fourth-order valence-corrected chi connectivity index (χ4v) is 2.55. The van der Waals surface area contributed by atoms with E-state index < -0.39 is 5.82 Å². The van der Waals surface area contributed by atoms with E-state index in [2.05, 4.69) is 4.98 Å². The van der Waals surface area contributed by atoms with Gasteiger partial charge in [0.05, 0.1) is 16.3 Å². The maximum Gasteiger partial charge on any atom is 0.167 e. The van der Waals surface area contributed by atoms with Crippen molar-refractivity contribution in [2.24, 2.45) is 0 Å². The van der Waals surface area contributed by atoms with Crippen LogP contribution < -0.4 is 0 Å². The Morgan fingerprint density at radius 3 is 2.80 bits per heavy atom. The van der Waals surface area contributed by atoms with Crippen LogP contribution in [0.1, 0.15) is 27.5 Å². The summed E-state index contributed by atoms with van der Waals surface area (Å²) in [5, 5.41) is 3.06. The number of hydrogen-bond donors (Lipinski definition) is 0. The third kappa shape index (κ3) is 3.95. The lowest BCUT2D eigenvalue weighted by Crippen LogP contribution is -2.22. The number of ketones is 1. The van der Waals surface area contributed by atoms with Crippen LogP contribution in [0, 0.1) is 12.7 Å². The predicted molar refractivity (Wildman–Crippen MR) is 78.5 cm³/mol. The van der Waals surface area contributed by atoms with Crippen LogP contribution in [-0.4, -0.2) is 29.3 Å². The molecule has 0 spiro atoms. The van der Waals surface area contributed by atoms with Gasteiger partial charge in [0, 0.05) is 24.9 Å². The highest BCUT2D eigenvalue weighted by atomic mass is 32.1. The van der Waals surface area contributed by atoms with Crippen molar-refractivity contribution >= 4 is 17.1 Å². The number of hydrogen-bond acceptors (Lipinski definition) is 4. The lowest BCUT2D eigenvalue weighted by Gasteiger charge is -2.14. The molecule has 5 heteroatoms. The van der Waals surface area contributed by atoms with Crippen molar-refractivity contribution in [3.05, 3.63) is 51.7 Å². The molecule has 0 fully saturated rings. The van der Waals surface area contributed by atoms with Gasteiger partial charge in [-0.05, 0) is 26.1 Å². The van der Waals surface area contributed by atoms with E-state index in [4.69, 9.17) is 0 Å². The highest BCUT2D eigenvalue weighted by Crippen LogP contribution is 2.12. The Kier molecular flexibility index (Phi) is 4.98. The molecule has 2 aromatic rings. The quantitative estimate of drug-likeness (QED) is 0.766. The minimum Gasteiger partial charge on any atom is -0.300 e. The van der Waals surface area contributed by atoms with Gasteiger partial charge < -0.3 is 4.90 Å². The number of rotatable bonds is 6. The van der Waals surface area contributed by atoms with Gasteiger partial charge in [0.15, 0.2) is 5.78 Å². The summed E-state index contributed by atoms with van der Waals surface area (Å²) in [4.78, 5) is 18.3. The number of thiazole rings is 1. The fourth-order valence-electron chi connectivity index (χ4n) is 1.95. The molecule has 0 aliphatic heterocycles. The molecule has 3 nitrogen and oxygen atoms in total. The minimum atomic E-state index is -0.449. The van der Waals surface area contributed by atoms with E-state index in [0.29, 0.717) is 19.5 Å². The van der Waals surface area contributed by atoms with E-state index in [1.54, 1.807) is 23.5 Å². The molecule has 0 atom stereocenters. The molecule has 0 bridgehead atoms. The number of nitrogens with zero attached hydrogens (tertiary/aromatic N) is 2. The van der Waals surface area contributed by atoms with Gasteiger partial charge in [-0.2, -0.15) is 0 Å². The van der Waals surface area contributed by atoms with Gasteiger partial charge in [-0.3, -0.25) is 4.79 Å². The van der Waals surface area contributed by atoms with Gasteiger partial charge in [0.2, 0.25) is 0 Å². The van der Waals surface area contributed by atoms with Gasteiger partial charge in [0.1, 0.15) is 5.82 Å². The Bertz CT molecular complexity index is 597. The van der Waals surface area contributed by atoms with Crippen LogP contribution in [0.5, 0.6) is 0 Å². The maximum atomic E-state index is 13.5. The van der Waals surface area contributed by atoms with Crippen LogP contribution in [0.3, 0.4) is 0 Å². The molecular formula is C15H17FN2OS. The zero-order chi connectivity index (χ0) is 14.5. The topological polar surface area (TPSA) is 33.2 Å². The first-order chi connectivity index (χ1) is 9.56. The molecule has 1 heterocycles. The highest BCUT2D eigenvalue weighted by molar-refractivity contribution is 7.09. The largest absolute Gasteiger partial charge is 0.300 e. The second kappa shape index (κ2) is 6.72. The Morgan fingerprint density at radius 2 is 2.15 bits per heavy atom. The van der Waals surface area contributed by atoms with Crippen LogP contribution in [0.2, 0.25) is 0 Å². The van der Waals surface area contributed by atoms with Crippen LogP contribution in [0.4, 0.5) is 4.39 Å². The average molecular weight is 292 g/mol. The average Bonchev–Trinajstić information content (AvgIpc) is 2.82. The van der Waals surface area contributed by atoms with Crippen molar-refractivity contribution in [2.45, 2.75) is 19.9 Å². The number of Topliss-reactive ketones (excluding diaryl/α,β-unsaturated/α-hetero) is 1. The SMILES string of the molecule is Cc1nc(CN(C)CCC(=O)c2ccccc2F)cs1. The molecule has 0 amide bonds. The summed E-state index contributed by atoms with van der Waals surface area (Å²) in [6.45, 7) is 3.26. The fraction of sp³-hybridized carbons (Fsp3) is 0.333. The van der Waals surface area contributed by atoms with E-state index in [1.807, 2.05) is 24.3 Å². The van der Waals surface area contributed by atoms with Gasteiger partial charge in [0.25, 0.3) is 0 Å². The van der Waals surface area contributed by atoms with E-state index in [9.17, 15) is 9.18 Å². The Morgan fingerprint density at radius 1 is 1.40 bits per heavy atom. The standard InChI is InChI=1S/C15H17FN2OS/c1-11-17-12(10-20-11)9-18(2)8-7-15(19)13-5-3-4-6-14(13)16/h3-6,10H,7-9H2,1-2H3. The summed E-state index contributed by atoms with van der Waals surface area (Å²) >= 11 is 1.62. The summed E-state index contributed by atoms with van der Waals surface area (Å²) in [5.41, 5.74) is 1.18. The van der Waals surface area contributed by atoms with Crippen LogP contribution >= 0.6 is 11.3 Å². The maximum absolute atomic E-state index is 13.5. The lowest BCUT2D eigenvalue weighted by atomic mass is 10.1. The van der Waals surface area contributed by atoms with Gasteiger partial charge in [-0.15, -0.1) is 11.3 Å². The normalized spacial score (nSPS) is 11.0. The van der Waals surface area contributed by atoms with Crippen molar-refractivity contribution in [1.29, 1.82) is 0 Å². The molecule has 0 aliphatic rings. The van der Waals surface area contributed by atoms with Crippen molar-refractivity contribution in [3.8, 4) is 0 Å². The minimum absolute atomic E-state index is 0.163. The smallest absolute Gasteiger partial charge is 0.167 e. The van der Waals surface area contributed by atoms with Crippen LogP contribution in [0.25, 0.3) is 0 Å². The third-order valence-corrected chi connectivity index (χ3v) is 3.82. The molecule has 1 aromatic heterocycles. The Balaban J connectivity index is 1.85. The van der Waals surface area contributed by atoms with Crippen molar-refractivity contribution in [2.75, 3.05) is 13.6 Å². The van der Waals surface area contributed by atoms with Crippen molar-refractivity contribution in [1.82, 2.24) is 9.88 Å². The zero-order valence-corrected chi connectivity index (χ0v) is 12.4. The predicted octanol–water partition coefficient (Wildman–Crippen LogP) is 3.30. The van der Waals surface area contributed by atoms with E-state index in [1.165, 1.54) is 12.1 Å². The summed E-state index contributed by atoms with van der Waals surface area (Å²) < 4.78 is 13.5. The summed E-state index contributed by atoms with van der Waals surface area (Å²) in [7, 11) is 1.93. The molecule has 1 aromatic carbocycles. The number of aryl methyl sites for hydroxylation is 1. The molecule has 0 saturated carbocycles. The first kappa shape index (κ1) is 14.8. The second-order valence-corrected chi connectivity index (χ2v) is 5.81. The molecule has 106 valence electrons. The van der Waals surface area contributed by atoms with E-state index >= 15 is 0 Å². The van der Waals surface area contributed by atoms with Crippen molar-refractivity contribution in [3.63, 3.8) is 0 Å². The Hall–Kier alpha value is -1.59. The number of carbonyl (C=O) groups is 1. The molecule has 0 aliphatic carbocycles. The first-order valence-electron chi connectivity index (χ1n) is 6.43. The van der Waals surface area contributed by atoms with Gasteiger partial charge in [-0.1, -0.05) is 12.1 Å². The van der Waals surface area contributed by atoms with Gasteiger partial charge in [-0.25, -0.2) is 9.37 Å². The van der Waals surface area contributed by atoms with E-state index in [0.717, 1.165) is 10.7 Å². The Labute approximate surface area is 122 Å². The van der Waals surface area contributed by atoms with E-state index in [-0.39, 0.29) is 11.3 Å². The van der Waals surface area contributed by atoms with Crippen LogP contribution in [0.15, 0.2) is 29.6 Å². The number of halogens is 1. The highest BCUT2D eigenvalue weighted by Gasteiger charge is 2.12.